The highest BCUT2D eigenvalue weighted by molar-refractivity contribution is 7.92. The number of benzene rings is 2. The van der Waals surface area contributed by atoms with Crippen LogP contribution >= 0.6 is 11.6 Å². The van der Waals surface area contributed by atoms with E-state index >= 15 is 0 Å². The largest absolute Gasteiger partial charge is 0.492 e. The molecule has 7 heteroatoms. The lowest BCUT2D eigenvalue weighted by atomic mass is 10.3. The summed E-state index contributed by atoms with van der Waals surface area (Å²) in [5, 5.41) is 0.0661. The van der Waals surface area contributed by atoms with Crippen molar-refractivity contribution in [2.75, 3.05) is 17.1 Å². The third-order valence-electron chi connectivity index (χ3n) is 2.68. The molecule has 0 atom stereocenters. The lowest BCUT2D eigenvalue weighted by Crippen LogP contribution is -2.14. The first-order chi connectivity index (χ1) is 9.94. The number of nitrogen functional groups attached to an aromatic ring is 1. The number of hydrogen-bond acceptors (Lipinski definition) is 4. The van der Waals surface area contributed by atoms with Crippen molar-refractivity contribution >= 4 is 33.0 Å². The summed E-state index contributed by atoms with van der Waals surface area (Å²) < 4.78 is 32.7. The maximum atomic E-state index is 12.4. The molecule has 0 aliphatic rings. The number of nitrogens with one attached hydrogen (secondary N) is 1. The summed E-state index contributed by atoms with van der Waals surface area (Å²) in [5.74, 6) is 0.454. The molecule has 0 radical (unpaired) electrons. The van der Waals surface area contributed by atoms with E-state index in [1.807, 2.05) is 6.92 Å². The molecule has 2 aromatic rings. The monoisotopic (exact) mass is 326 g/mol. The van der Waals surface area contributed by atoms with Crippen molar-refractivity contribution in [3.63, 3.8) is 0 Å². The summed E-state index contributed by atoms with van der Waals surface area (Å²) in [5.41, 5.74) is 6.32. The Labute approximate surface area is 128 Å². The topological polar surface area (TPSA) is 81.4 Å². The number of rotatable bonds is 5. The summed E-state index contributed by atoms with van der Waals surface area (Å²) in [7, 11) is -3.82. The minimum absolute atomic E-state index is 0.0373. The predicted molar refractivity (Wildman–Crippen MR) is 84.3 cm³/mol. The molecule has 21 heavy (non-hydrogen) atoms. The van der Waals surface area contributed by atoms with Crippen LogP contribution in [0.4, 0.5) is 11.4 Å². The smallest absolute Gasteiger partial charge is 0.263 e. The Bertz CT molecular complexity index is 748. The molecule has 2 rings (SSSR count). The molecule has 0 bridgehead atoms. The molecule has 5 nitrogen and oxygen atoms in total. The van der Waals surface area contributed by atoms with E-state index in [4.69, 9.17) is 22.1 Å². The first kappa shape index (κ1) is 15.5. The van der Waals surface area contributed by atoms with Gasteiger partial charge in [0, 0.05) is 5.69 Å². The predicted octanol–water partition coefficient (Wildman–Crippen LogP) is 3.12. The van der Waals surface area contributed by atoms with Gasteiger partial charge in [0.1, 0.15) is 10.6 Å². The van der Waals surface area contributed by atoms with Gasteiger partial charge >= 0.3 is 0 Å². The van der Waals surface area contributed by atoms with Crippen LogP contribution in [0.3, 0.4) is 0 Å². The molecule has 0 fully saturated rings. The quantitative estimate of drug-likeness (QED) is 0.827. The van der Waals surface area contributed by atoms with Crippen LogP contribution in [0.5, 0.6) is 5.75 Å². The molecular weight excluding hydrogens is 312 g/mol. The Balaban J connectivity index is 2.38. The Kier molecular flexibility index (Phi) is 4.59. The van der Waals surface area contributed by atoms with Crippen LogP contribution in [0.2, 0.25) is 5.02 Å². The molecule has 0 aliphatic carbocycles. The summed E-state index contributed by atoms with van der Waals surface area (Å²) in [4.78, 5) is -0.0373. The fourth-order valence-electron chi connectivity index (χ4n) is 1.77. The van der Waals surface area contributed by atoms with Crippen molar-refractivity contribution in [1.82, 2.24) is 0 Å². The van der Waals surface area contributed by atoms with Gasteiger partial charge in [-0.3, -0.25) is 4.72 Å². The van der Waals surface area contributed by atoms with E-state index in [-0.39, 0.29) is 9.92 Å². The third kappa shape index (κ3) is 3.59. The zero-order valence-electron chi connectivity index (χ0n) is 11.3. The second-order valence-electron chi connectivity index (χ2n) is 4.22. The normalized spacial score (nSPS) is 11.1. The summed E-state index contributed by atoms with van der Waals surface area (Å²) >= 11 is 5.95. The summed E-state index contributed by atoms with van der Waals surface area (Å²) in [6.07, 6.45) is 0. The lowest BCUT2D eigenvalue weighted by molar-refractivity contribution is 0.342. The number of sulfonamides is 1. The van der Waals surface area contributed by atoms with Gasteiger partial charge in [-0.1, -0.05) is 23.7 Å². The molecule has 0 spiro atoms. The number of para-hydroxylation sites is 2. The fourth-order valence-corrected chi connectivity index (χ4v) is 3.39. The molecule has 0 saturated carbocycles. The van der Waals surface area contributed by atoms with E-state index in [0.29, 0.717) is 23.7 Å². The Hall–Kier alpha value is -1.92. The van der Waals surface area contributed by atoms with Gasteiger partial charge in [-0.15, -0.1) is 0 Å². The maximum Gasteiger partial charge on any atom is 0.263 e. The number of hydrogen-bond donors (Lipinski definition) is 2. The van der Waals surface area contributed by atoms with Crippen LogP contribution < -0.4 is 15.2 Å². The van der Waals surface area contributed by atoms with Crippen LogP contribution in [0, 0.1) is 0 Å². The molecule has 0 amide bonds. The van der Waals surface area contributed by atoms with E-state index in [9.17, 15) is 8.42 Å². The second kappa shape index (κ2) is 6.24. The fraction of sp³-hybridized carbons (Fsp3) is 0.143. The van der Waals surface area contributed by atoms with Crippen LogP contribution in [0.25, 0.3) is 0 Å². The first-order valence-electron chi connectivity index (χ1n) is 6.23. The molecule has 112 valence electrons. The van der Waals surface area contributed by atoms with Gasteiger partial charge < -0.3 is 10.5 Å². The van der Waals surface area contributed by atoms with Crippen molar-refractivity contribution < 1.29 is 13.2 Å². The minimum atomic E-state index is -3.82. The van der Waals surface area contributed by atoms with E-state index in [1.165, 1.54) is 18.2 Å². The van der Waals surface area contributed by atoms with Gasteiger partial charge in [0.2, 0.25) is 0 Å². The van der Waals surface area contributed by atoms with E-state index in [1.54, 1.807) is 24.3 Å². The number of halogens is 1. The number of ether oxygens (including phenoxy) is 1. The molecule has 0 unspecified atom stereocenters. The van der Waals surface area contributed by atoms with Gasteiger partial charge in [0.05, 0.1) is 17.3 Å². The van der Waals surface area contributed by atoms with Crippen molar-refractivity contribution in [1.29, 1.82) is 0 Å². The van der Waals surface area contributed by atoms with Crippen LogP contribution in [0.15, 0.2) is 47.4 Å². The van der Waals surface area contributed by atoms with Gasteiger partial charge in [0.25, 0.3) is 10.0 Å². The molecule has 0 saturated heterocycles. The molecule has 0 aliphatic heterocycles. The highest BCUT2D eigenvalue weighted by Crippen LogP contribution is 2.29. The van der Waals surface area contributed by atoms with Crippen LogP contribution in [0.1, 0.15) is 6.92 Å². The van der Waals surface area contributed by atoms with Crippen molar-refractivity contribution in [2.24, 2.45) is 0 Å². The van der Waals surface area contributed by atoms with Crippen molar-refractivity contribution in [3.05, 3.63) is 47.5 Å². The molecule has 3 N–H and O–H groups in total. The second-order valence-corrected chi connectivity index (χ2v) is 6.28. The van der Waals surface area contributed by atoms with Gasteiger partial charge in [-0.05, 0) is 37.3 Å². The SMILES string of the molecule is CCOc1ccccc1NS(=O)(=O)c1ccc(N)cc1Cl. The van der Waals surface area contributed by atoms with Gasteiger partial charge in [0.15, 0.2) is 0 Å². The molecule has 2 aromatic carbocycles. The summed E-state index contributed by atoms with van der Waals surface area (Å²) in [6.45, 7) is 2.25. The van der Waals surface area contributed by atoms with Gasteiger partial charge in [-0.25, -0.2) is 8.42 Å². The molecule has 0 heterocycles. The first-order valence-corrected chi connectivity index (χ1v) is 8.10. The number of nitrogens with two attached hydrogens (primary N) is 1. The summed E-state index contributed by atoms with van der Waals surface area (Å²) in [6, 6.07) is 11.0. The Morgan fingerprint density at radius 1 is 1.24 bits per heavy atom. The Morgan fingerprint density at radius 2 is 1.95 bits per heavy atom. The minimum Gasteiger partial charge on any atom is -0.492 e. The number of anilines is 2. The zero-order chi connectivity index (χ0) is 15.5. The van der Waals surface area contributed by atoms with E-state index in [0.717, 1.165) is 0 Å². The van der Waals surface area contributed by atoms with E-state index in [2.05, 4.69) is 4.72 Å². The van der Waals surface area contributed by atoms with Crippen molar-refractivity contribution in [2.45, 2.75) is 11.8 Å². The average Bonchev–Trinajstić information content (AvgIpc) is 2.40. The van der Waals surface area contributed by atoms with E-state index < -0.39 is 10.0 Å². The maximum absolute atomic E-state index is 12.4. The average molecular weight is 327 g/mol. The third-order valence-corrected chi connectivity index (χ3v) is 4.53. The van der Waals surface area contributed by atoms with Crippen LogP contribution in [-0.2, 0) is 10.0 Å². The zero-order valence-corrected chi connectivity index (χ0v) is 12.9. The van der Waals surface area contributed by atoms with Crippen molar-refractivity contribution in [3.8, 4) is 5.75 Å². The highest BCUT2D eigenvalue weighted by atomic mass is 35.5. The Morgan fingerprint density at radius 3 is 2.62 bits per heavy atom. The van der Waals surface area contributed by atoms with Gasteiger partial charge in [-0.2, -0.15) is 0 Å². The molecule has 0 aromatic heterocycles. The molecular formula is C14H15ClN2O3S. The highest BCUT2D eigenvalue weighted by Gasteiger charge is 2.19. The lowest BCUT2D eigenvalue weighted by Gasteiger charge is -2.13. The van der Waals surface area contributed by atoms with Crippen LogP contribution in [-0.4, -0.2) is 15.0 Å². The standard InChI is InChI=1S/C14H15ClN2O3S/c1-2-20-13-6-4-3-5-12(13)17-21(18,19)14-8-7-10(16)9-11(14)15/h3-9,17H,2,16H2,1H3.